The summed E-state index contributed by atoms with van der Waals surface area (Å²) in [7, 11) is -4.32. The molecule has 1 saturated carbocycles. The lowest BCUT2D eigenvalue weighted by molar-refractivity contribution is -0.143. The lowest BCUT2D eigenvalue weighted by Gasteiger charge is -2.26. The van der Waals surface area contributed by atoms with Gasteiger partial charge in [0.15, 0.2) is 5.03 Å². The first-order valence-electron chi connectivity index (χ1n) is 12.0. The lowest BCUT2D eigenvalue weighted by atomic mass is 9.87. The van der Waals surface area contributed by atoms with E-state index in [2.05, 4.69) is 14.7 Å². The molecular formula is C26H26F3N3O5S. The third-order valence-electron chi connectivity index (χ3n) is 6.38. The molecule has 0 spiro atoms. The zero-order chi connectivity index (χ0) is 27.5. The fraction of sp³-hybridized carbons (Fsp3) is 0.346. The van der Waals surface area contributed by atoms with Crippen LogP contribution in [0.3, 0.4) is 0 Å². The van der Waals surface area contributed by atoms with E-state index in [-0.39, 0.29) is 29.1 Å². The average molecular weight is 550 g/mol. The number of nitrogens with one attached hydrogen (secondary N) is 1. The van der Waals surface area contributed by atoms with Crippen molar-refractivity contribution in [3.8, 4) is 17.1 Å². The Bertz CT molecular complexity index is 1420. The van der Waals surface area contributed by atoms with Crippen LogP contribution in [0.5, 0.6) is 5.88 Å². The van der Waals surface area contributed by atoms with E-state index in [0.29, 0.717) is 37.7 Å². The number of carboxylic acid groups (broad SMARTS) is 1. The Morgan fingerprint density at radius 1 is 1.03 bits per heavy atom. The first-order chi connectivity index (χ1) is 18.0. The minimum atomic E-state index is -4.70. The van der Waals surface area contributed by atoms with Gasteiger partial charge in [0.1, 0.15) is 11.9 Å². The van der Waals surface area contributed by atoms with Gasteiger partial charge in [-0.25, -0.2) is 4.98 Å². The zero-order valence-corrected chi connectivity index (χ0v) is 21.2. The first kappa shape index (κ1) is 27.4. The number of carbonyl (C=O) groups is 1. The summed E-state index contributed by atoms with van der Waals surface area (Å²) >= 11 is 0. The molecule has 0 amide bonds. The predicted octanol–water partition coefficient (Wildman–Crippen LogP) is 5.55. The number of benzene rings is 1. The van der Waals surface area contributed by atoms with Gasteiger partial charge in [0.25, 0.3) is 10.0 Å². The minimum absolute atomic E-state index is 0.0459. The molecule has 202 valence electrons. The second-order valence-corrected chi connectivity index (χ2v) is 10.6. The summed E-state index contributed by atoms with van der Waals surface area (Å²) in [4.78, 5) is 19.2. The van der Waals surface area contributed by atoms with Crippen LogP contribution >= 0.6 is 0 Å². The quantitative estimate of drug-likeness (QED) is 0.378. The van der Waals surface area contributed by atoms with Crippen LogP contribution in [-0.2, 0) is 27.4 Å². The maximum atomic E-state index is 13.8. The molecule has 0 radical (unpaired) electrons. The number of hydrogen-bond acceptors (Lipinski definition) is 6. The number of rotatable bonds is 8. The Labute approximate surface area is 218 Å². The largest absolute Gasteiger partial charge is 0.481 e. The number of sulfonamides is 1. The molecular weight excluding hydrogens is 523 g/mol. The fourth-order valence-corrected chi connectivity index (χ4v) is 5.37. The molecule has 2 N–H and O–H groups in total. The third-order valence-corrected chi connectivity index (χ3v) is 7.63. The van der Waals surface area contributed by atoms with E-state index in [1.165, 1.54) is 24.3 Å². The van der Waals surface area contributed by atoms with E-state index in [1.54, 1.807) is 25.1 Å². The highest BCUT2D eigenvalue weighted by Crippen LogP contribution is 2.38. The first-order valence-corrected chi connectivity index (χ1v) is 13.5. The van der Waals surface area contributed by atoms with Crippen LogP contribution in [0.15, 0.2) is 59.6 Å². The third kappa shape index (κ3) is 6.24. The van der Waals surface area contributed by atoms with Crippen molar-refractivity contribution in [2.24, 2.45) is 5.92 Å². The Morgan fingerprint density at radius 2 is 1.74 bits per heavy atom. The number of anilines is 1. The zero-order valence-electron chi connectivity index (χ0n) is 20.4. The Balaban J connectivity index is 1.58. The number of alkyl halides is 3. The maximum absolute atomic E-state index is 13.8. The van der Waals surface area contributed by atoms with Gasteiger partial charge in [-0.2, -0.15) is 26.6 Å². The highest BCUT2D eigenvalue weighted by atomic mass is 32.2. The number of halogens is 3. The summed E-state index contributed by atoms with van der Waals surface area (Å²) in [5.74, 6) is -1.52. The van der Waals surface area contributed by atoms with E-state index in [0.717, 1.165) is 12.1 Å². The van der Waals surface area contributed by atoms with E-state index in [1.807, 2.05) is 0 Å². The molecule has 0 unspecified atom stereocenters. The van der Waals surface area contributed by atoms with Crippen molar-refractivity contribution in [2.75, 3.05) is 4.72 Å². The van der Waals surface area contributed by atoms with E-state index < -0.39 is 38.7 Å². The van der Waals surface area contributed by atoms with Gasteiger partial charge in [-0.3, -0.25) is 9.52 Å². The molecule has 8 nitrogen and oxygen atoms in total. The molecule has 2 heterocycles. The fourth-order valence-electron chi connectivity index (χ4n) is 4.41. The number of pyridine rings is 2. The Kier molecular flexibility index (Phi) is 7.91. The molecule has 38 heavy (non-hydrogen) atoms. The average Bonchev–Trinajstić information content (AvgIpc) is 2.88. The maximum Gasteiger partial charge on any atom is 0.418 e. The van der Waals surface area contributed by atoms with Gasteiger partial charge in [0.2, 0.25) is 5.88 Å². The monoisotopic (exact) mass is 549 g/mol. The van der Waals surface area contributed by atoms with Gasteiger partial charge in [-0.05, 0) is 55.9 Å². The smallest absolute Gasteiger partial charge is 0.418 e. The van der Waals surface area contributed by atoms with Crippen molar-refractivity contribution < 1.29 is 36.2 Å². The number of aryl methyl sites for hydroxylation is 1. The number of ether oxygens (including phenoxy) is 1. The van der Waals surface area contributed by atoms with Gasteiger partial charge < -0.3 is 9.84 Å². The topological polar surface area (TPSA) is 118 Å². The highest BCUT2D eigenvalue weighted by Gasteiger charge is 2.35. The van der Waals surface area contributed by atoms with Crippen LogP contribution in [0.25, 0.3) is 11.3 Å². The number of nitrogens with zero attached hydrogens (tertiary/aromatic N) is 2. The molecule has 1 aliphatic rings. The van der Waals surface area contributed by atoms with Crippen molar-refractivity contribution in [3.63, 3.8) is 0 Å². The number of carboxylic acids is 1. The molecule has 2 aromatic heterocycles. The number of aliphatic carboxylic acids is 1. The van der Waals surface area contributed by atoms with Crippen LogP contribution < -0.4 is 9.46 Å². The summed E-state index contributed by atoms with van der Waals surface area (Å²) in [5.41, 5.74) is -0.464. The standard InChI is InChI=1S/C26H26F3N3O5S/c1-2-16-6-3-4-7-19(16)24-20(26(27,28)29)14-15-21(30-24)32-38(35,36)23-9-5-8-22(31-23)37-18-12-10-17(11-13-18)25(33)34/h3-9,14-15,17-18H,2,10-13H2,1H3,(H,30,32)(H,33,34). The molecule has 1 aliphatic carbocycles. The SMILES string of the molecule is CCc1ccccc1-c1nc(NS(=O)(=O)c2cccc(OC3CCC(C(=O)O)CC3)n2)ccc1C(F)(F)F. The van der Waals surface area contributed by atoms with Gasteiger partial charge in [0, 0.05) is 11.6 Å². The highest BCUT2D eigenvalue weighted by molar-refractivity contribution is 7.92. The summed E-state index contributed by atoms with van der Waals surface area (Å²) < 4.78 is 75.4. The van der Waals surface area contributed by atoms with Crippen molar-refractivity contribution in [3.05, 3.63) is 65.7 Å². The van der Waals surface area contributed by atoms with Gasteiger partial charge in [-0.1, -0.05) is 37.3 Å². The van der Waals surface area contributed by atoms with Gasteiger partial charge in [0.05, 0.1) is 17.2 Å². The second-order valence-electron chi connectivity index (χ2n) is 8.95. The van der Waals surface area contributed by atoms with Gasteiger partial charge >= 0.3 is 12.1 Å². The Morgan fingerprint density at radius 3 is 2.39 bits per heavy atom. The molecule has 0 bridgehead atoms. The van der Waals surface area contributed by atoms with Crippen LogP contribution in [-0.4, -0.2) is 35.6 Å². The van der Waals surface area contributed by atoms with E-state index in [9.17, 15) is 26.4 Å². The van der Waals surface area contributed by atoms with Crippen LogP contribution in [0.1, 0.15) is 43.7 Å². The van der Waals surface area contributed by atoms with Gasteiger partial charge in [-0.15, -0.1) is 0 Å². The van der Waals surface area contributed by atoms with E-state index >= 15 is 0 Å². The molecule has 0 aliphatic heterocycles. The van der Waals surface area contributed by atoms with Crippen molar-refractivity contribution in [1.29, 1.82) is 0 Å². The van der Waals surface area contributed by atoms with Crippen LogP contribution in [0, 0.1) is 5.92 Å². The van der Waals surface area contributed by atoms with Crippen LogP contribution in [0.4, 0.5) is 19.0 Å². The minimum Gasteiger partial charge on any atom is -0.481 e. The predicted molar refractivity (Wildman–Crippen MR) is 133 cm³/mol. The number of aromatic nitrogens is 2. The lowest BCUT2D eigenvalue weighted by Crippen LogP contribution is -2.28. The number of hydrogen-bond donors (Lipinski definition) is 2. The summed E-state index contributed by atoms with van der Waals surface area (Å²) in [5, 5.41) is 8.74. The van der Waals surface area contributed by atoms with Crippen LogP contribution in [0.2, 0.25) is 0 Å². The molecule has 0 atom stereocenters. The second kappa shape index (κ2) is 11.0. The van der Waals surface area contributed by atoms with Crippen molar-refractivity contribution in [2.45, 2.75) is 56.3 Å². The molecule has 4 rings (SSSR count). The normalized spacial score (nSPS) is 18.1. The Hall–Kier alpha value is -3.67. The van der Waals surface area contributed by atoms with Crippen molar-refractivity contribution >= 4 is 21.8 Å². The van der Waals surface area contributed by atoms with E-state index in [4.69, 9.17) is 9.84 Å². The molecule has 0 saturated heterocycles. The summed E-state index contributed by atoms with van der Waals surface area (Å²) in [6.45, 7) is 1.80. The molecule has 1 aromatic carbocycles. The summed E-state index contributed by atoms with van der Waals surface area (Å²) in [6, 6.07) is 12.4. The molecule has 3 aromatic rings. The van der Waals surface area contributed by atoms with Crippen molar-refractivity contribution in [1.82, 2.24) is 9.97 Å². The molecule has 12 heteroatoms. The molecule has 1 fully saturated rings. The summed E-state index contributed by atoms with van der Waals surface area (Å²) in [6.07, 6.45) is -2.67.